The van der Waals surface area contributed by atoms with Gasteiger partial charge in [-0.1, -0.05) is 34.8 Å². The van der Waals surface area contributed by atoms with Gasteiger partial charge in [-0.2, -0.15) is 0 Å². The molecule has 0 unspecified atom stereocenters. The van der Waals surface area contributed by atoms with E-state index < -0.39 is 6.04 Å². The molecule has 0 aliphatic heterocycles. The number of hydrogen-bond donors (Lipinski definition) is 2. The first-order valence-corrected chi connectivity index (χ1v) is 9.29. The number of thiazole rings is 1. The number of anilines is 1. The van der Waals surface area contributed by atoms with Gasteiger partial charge in [-0.05, 0) is 39.8 Å². The molecule has 2 atom stereocenters. The van der Waals surface area contributed by atoms with Crippen LogP contribution in [0.4, 0.5) is 5.69 Å². The van der Waals surface area contributed by atoms with Crippen LogP contribution in [0.1, 0.15) is 35.5 Å². The van der Waals surface area contributed by atoms with Gasteiger partial charge in [-0.15, -0.1) is 11.3 Å². The van der Waals surface area contributed by atoms with Crippen LogP contribution in [0.15, 0.2) is 12.1 Å². The number of halogens is 3. The molecule has 8 heteroatoms. The normalized spacial score (nSPS) is 13.6. The molecule has 4 nitrogen and oxygen atoms in total. The van der Waals surface area contributed by atoms with Gasteiger partial charge in [0.15, 0.2) is 0 Å². The van der Waals surface area contributed by atoms with E-state index in [4.69, 9.17) is 34.8 Å². The largest absolute Gasteiger partial charge is 0.323 e. The molecule has 24 heavy (non-hydrogen) atoms. The molecule has 2 rings (SSSR count). The Labute approximate surface area is 160 Å². The van der Waals surface area contributed by atoms with Gasteiger partial charge in [0.1, 0.15) is 0 Å². The number of nitrogens with zero attached hydrogens (tertiary/aromatic N) is 1. The minimum Gasteiger partial charge on any atom is -0.323 e. The maximum Gasteiger partial charge on any atom is 0.241 e. The van der Waals surface area contributed by atoms with Crippen LogP contribution in [0.3, 0.4) is 0 Å². The highest BCUT2D eigenvalue weighted by Crippen LogP contribution is 2.32. The molecular formula is C16H18Cl3N3OS. The highest BCUT2D eigenvalue weighted by Gasteiger charge is 2.20. The highest BCUT2D eigenvalue weighted by molar-refractivity contribution is 7.11. The quantitative estimate of drug-likeness (QED) is 0.654. The molecule has 1 amide bonds. The summed E-state index contributed by atoms with van der Waals surface area (Å²) < 4.78 is 0. The summed E-state index contributed by atoms with van der Waals surface area (Å²) in [5.41, 5.74) is 1.42. The summed E-state index contributed by atoms with van der Waals surface area (Å²) in [4.78, 5) is 17.9. The molecule has 1 aromatic heterocycles. The molecule has 0 aliphatic rings. The Bertz CT molecular complexity index is 763. The van der Waals surface area contributed by atoms with Gasteiger partial charge in [-0.25, -0.2) is 4.98 Å². The van der Waals surface area contributed by atoms with Crippen molar-refractivity contribution in [3.8, 4) is 0 Å². The van der Waals surface area contributed by atoms with E-state index in [-0.39, 0.29) is 11.9 Å². The van der Waals surface area contributed by atoms with Crippen molar-refractivity contribution < 1.29 is 4.79 Å². The van der Waals surface area contributed by atoms with Crippen LogP contribution < -0.4 is 10.6 Å². The molecule has 0 saturated heterocycles. The fourth-order valence-electron chi connectivity index (χ4n) is 2.33. The summed E-state index contributed by atoms with van der Waals surface area (Å²) in [6, 6.07) is 2.64. The smallest absolute Gasteiger partial charge is 0.241 e. The second kappa shape index (κ2) is 8.02. The van der Waals surface area contributed by atoms with Crippen LogP contribution in [-0.2, 0) is 4.79 Å². The molecule has 130 valence electrons. The van der Waals surface area contributed by atoms with Crippen molar-refractivity contribution in [2.24, 2.45) is 0 Å². The molecule has 0 bridgehead atoms. The van der Waals surface area contributed by atoms with Gasteiger partial charge < -0.3 is 5.32 Å². The van der Waals surface area contributed by atoms with Gasteiger partial charge in [0.05, 0.1) is 37.5 Å². The fourth-order valence-corrected chi connectivity index (χ4v) is 3.87. The maximum atomic E-state index is 12.4. The van der Waals surface area contributed by atoms with Crippen LogP contribution >= 0.6 is 46.1 Å². The average molecular weight is 407 g/mol. The van der Waals surface area contributed by atoms with Gasteiger partial charge >= 0.3 is 0 Å². The molecule has 0 aliphatic carbocycles. The van der Waals surface area contributed by atoms with Gasteiger partial charge in [0.25, 0.3) is 0 Å². The number of aryl methyl sites for hydroxylation is 2. The van der Waals surface area contributed by atoms with E-state index in [1.165, 1.54) is 12.1 Å². The summed E-state index contributed by atoms with van der Waals surface area (Å²) in [7, 11) is 0. The first-order chi connectivity index (χ1) is 11.2. The zero-order chi connectivity index (χ0) is 18.0. The fraction of sp³-hybridized carbons (Fsp3) is 0.375. The van der Waals surface area contributed by atoms with Gasteiger partial charge in [0, 0.05) is 10.9 Å². The third-order valence-corrected chi connectivity index (χ3v) is 5.78. The van der Waals surface area contributed by atoms with E-state index in [1.807, 2.05) is 20.8 Å². The van der Waals surface area contributed by atoms with Crippen molar-refractivity contribution >= 4 is 57.7 Å². The van der Waals surface area contributed by atoms with Crippen LogP contribution in [0.2, 0.25) is 15.1 Å². The van der Waals surface area contributed by atoms with E-state index in [1.54, 1.807) is 18.3 Å². The Balaban J connectivity index is 2.05. The molecule has 1 aromatic carbocycles. The number of nitrogens with one attached hydrogen (secondary N) is 2. The van der Waals surface area contributed by atoms with Crippen LogP contribution in [-0.4, -0.2) is 16.9 Å². The number of benzene rings is 1. The SMILES string of the molecule is Cc1nc(C)c([C@H](C)N[C@H](C)C(=O)Nc2cc(Cl)c(Cl)cc2Cl)s1. The molecule has 2 aromatic rings. The van der Waals surface area contributed by atoms with Crippen molar-refractivity contribution in [3.05, 3.63) is 42.8 Å². The molecular weight excluding hydrogens is 389 g/mol. The minimum absolute atomic E-state index is 0.0150. The Morgan fingerprint density at radius 1 is 1.12 bits per heavy atom. The summed E-state index contributed by atoms with van der Waals surface area (Å²) in [6.07, 6.45) is 0. The topological polar surface area (TPSA) is 54.0 Å². The molecule has 2 N–H and O–H groups in total. The van der Waals surface area contributed by atoms with E-state index in [2.05, 4.69) is 15.6 Å². The highest BCUT2D eigenvalue weighted by atomic mass is 35.5. The van der Waals surface area contributed by atoms with Crippen molar-refractivity contribution in [1.82, 2.24) is 10.3 Å². The molecule has 1 heterocycles. The summed E-state index contributed by atoms with van der Waals surface area (Å²) in [6.45, 7) is 7.74. The lowest BCUT2D eigenvalue weighted by Crippen LogP contribution is -2.39. The van der Waals surface area contributed by atoms with Crippen molar-refractivity contribution in [3.63, 3.8) is 0 Å². The average Bonchev–Trinajstić information content (AvgIpc) is 2.83. The first kappa shape index (κ1) is 19.5. The van der Waals surface area contributed by atoms with E-state index in [0.29, 0.717) is 20.8 Å². The van der Waals surface area contributed by atoms with Crippen LogP contribution in [0.5, 0.6) is 0 Å². The maximum absolute atomic E-state index is 12.4. The van der Waals surface area contributed by atoms with E-state index in [0.717, 1.165) is 15.6 Å². The lowest BCUT2D eigenvalue weighted by Gasteiger charge is -2.19. The van der Waals surface area contributed by atoms with E-state index >= 15 is 0 Å². The number of carbonyl (C=O) groups is 1. The van der Waals surface area contributed by atoms with Crippen LogP contribution in [0.25, 0.3) is 0 Å². The Morgan fingerprint density at radius 2 is 1.75 bits per heavy atom. The Morgan fingerprint density at radius 3 is 2.33 bits per heavy atom. The summed E-state index contributed by atoms with van der Waals surface area (Å²) >= 11 is 19.6. The zero-order valence-electron chi connectivity index (χ0n) is 13.7. The predicted molar refractivity (Wildman–Crippen MR) is 103 cm³/mol. The Hall–Kier alpha value is -0.850. The standard InChI is InChI=1S/C16H18Cl3N3OS/c1-7(15-8(2)21-10(4)24-15)20-9(3)16(23)22-14-6-12(18)11(17)5-13(14)19/h5-7,9,20H,1-4H3,(H,22,23)/t7-,9+/m0/s1. The van der Waals surface area contributed by atoms with Gasteiger partial charge in [-0.3, -0.25) is 10.1 Å². The Kier molecular flexibility index (Phi) is 6.51. The molecule has 0 radical (unpaired) electrons. The zero-order valence-corrected chi connectivity index (χ0v) is 16.8. The second-order valence-electron chi connectivity index (χ2n) is 5.53. The number of rotatable bonds is 5. The van der Waals surface area contributed by atoms with Crippen molar-refractivity contribution in [2.75, 3.05) is 5.32 Å². The number of hydrogen-bond acceptors (Lipinski definition) is 4. The minimum atomic E-state index is -0.424. The van der Waals surface area contributed by atoms with E-state index in [9.17, 15) is 4.79 Å². The van der Waals surface area contributed by atoms with Crippen molar-refractivity contribution in [2.45, 2.75) is 39.8 Å². The number of amides is 1. The van der Waals surface area contributed by atoms with Crippen LogP contribution in [0, 0.1) is 13.8 Å². The number of carbonyl (C=O) groups excluding carboxylic acids is 1. The third kappa shape index (κ3) is 4.61. The predicted octanol–water partition coefficient (Wildman–Crippen LogP) is 5.40. The monoisotopic (exact) mass is 405 g/mol. The van der Waals surface area contributed by atoms with Crippen molar-refractivity contribution in [1.29, 1.82) is 0 Å². The third-order valence-electron chi connectivity index (χ3n) is 3.49. The first-order valence-electron chi connectivity index (χ1n) is 7.34. The molecule has 0 saturated carbocycles. The lowest BCUT2D eigenvalue weighted by atomic mass is 10.2. The summed E-state index contributed by atoms with van der Waals surface area (Å²) in [5.74, 6) is -0.207. The number of aromatic nitrogens is 1. The molecule has 0 spiro atoms. The molecule has 0 fully saturated rings. The lowest BCUT2D eigenvalue weighted by molar-refractivity contribution is -0.117. The summed E-state index contributed by atoms with van der Waals surface area (Å²) in [5, 5.41) is 8.07. The second-order valence-corrected chi connectivity index (χ2v) is 7.98. The van der Waals surface area contributed by atoms with Gasteiger partial charge in [0.2, 0.25) is 5.91 Å².